The molecule has 240 valence electrons. The van der Waals surface area contributed by atoms with Gasteiger partial charge >= 0.3 is 5.97 Å². The maximum absolute atomic E-state index is 13.7. The lowest BCUT2D eigenvalue weighted by Gasteiger charge is -2.28. The minimum Gasteiger partial charge on any atom is -0.450 e. The van der Waals surface area contributed by atoms with E-state index < -0.39 is 23.7 Å². The van der Waals surface area contributed by atoms with Gasteiger partial charge in [-0.15, -0.1) is 11.6 Å². The van der Waals surface area contributed by atoms with Crippen molar-refractivity contribution < 1.29 is 28.3 Å². The normalized spacial score (nSPS) is 25.3. The average molecular weight is 803 g/mol. The number of aromatic nitrogens is 1. The Hall–Kier alpha value is -3.18. The summed E-state index contributed by atoms with van der Waals surface area (Å²) in [6.07, 6.45) is -0.314. The van der Waals surface area contributed by atoms with Gasteiger partial charge in [-0.2, -0.15) is 0 Å². The second kappa shape index (κ2) is 12.7. The van der Waals surface area contributed by atoms with E-state index in [0.717, 1.165) is 18.6 Å². The molecule has 3 aromatic carbocycles. The minimum absolute atomic E-state index is 0.0453. The number of rotatable bonds is 8. The van der Waals surface area contributed by atoms with Crippen LogP contribution >= 0.6 is 55.1 Å². The zero-order valence-corrected chi connectivity index (χ0v) is 29.1. The number of fused-ring (bicyclic) bond motifs is 6. The van der Waals surface area contributed by atoms with Gasteiger partial charge in [0.05, 0.1) is 39.3 Å². The number of amides is 2. The maximum atomic E-state index is 13.7. The Morgan fingerprint density at radius 3 is 2.21 bits per heavy atom. The lowest BCUT2D eigenvalue weighted by atomic mass is 9.81. The third-order valence-electron chi connectivity index (χ3n) is 9.46. The lowest BCUT2D eigenvalue weighted by Crippen LogP contribution is -2.37. The number of anilines is 1. The highest BCUT2D eigenvalue weighted by Gasteiger charge is 2.66. The number of alkyl halides is 3. The van der Waals surface area contributed by atoms with Crippen LogP contribution in [0.4, 0.5) is 10.1 Å². The van der Waals surface area contributed by atoms with Crippen molar-refractivity contribution in [2.24, 2.45) is 23.7 Å². The first-order valence-electron chi connectivity index (χ1n) is 15.0. The summed E-state index contributed by atoms with van der Waals surface area (Å²) in [5, 5.41) is 0.727. The number of carbonyl (C=O) groups is 4. The molecule has 3 fully saturated rings. The fourth-order valence-electron chi connectivity index (χ4n) is 7.25. The Labute approximate surface area is 296 Å². The van der Waals surface area contributed by atoms with Crippen LogP contribution in [-0.2, 0) is 14.3 Å². The number of nitrogens with zero attached hydrogens (tertiary/aromatic N) is 2. The molecule has 0 N–H and O–H groups in total. The molecular weight excluding hydrogens is 778 g/mol. The zero-order valence-electron chi connectivity index (χ0n) is 24.4. The molecule has 47 heavy (non-hydrogen) atoms. The van der Waals surface area contributed by atoms with Crippen LogP contribution in [0.5, 0.6) is 0 Å². The molecule has 2 aliphatic carbocycles. The van der Waals surface area contributed by atoms with Gasteiger partial charge in [0.25, 0.3) is 0 Å². The van der Waals surface area contributed by atoms with Crippen molar-refractivity contribution in [3.05, 3.63) is 94.8 Å². The van der Waals surface area contributed by atoms with Gasteiger partial charge in [-0.1, -0.05) is 67.7 Å². The van der Waals surface area contributed by atoms with Crippen LogP contribution in [0.3, 0.4) is 0 Å². The molecule has 3 aliphatic rings. The highest BCUT2D eigenvalue weighted by Crippen LogP contribution is 2.60. The molecule has 2 amide bonds. The number of imide groups is 1. The monoisotopic (exact) mass is 800 g/mol. The first kappa shape index (κ1) is 32.4. The summed E-state index contributed by atoms with van der Waals surface area (Å²) in [5.41, 5.74) is 2.12. The summed E-state index contributed by atoms with van der Waals surface area (Å²) >= 11 is 19.9. The van der Waals surface area contributed by atoms with Gasteiger partial charge in [-0.05, 0) is 66.8 Å². The molecule has 2 heterocycles. The van der Waals surface area contributed by atoms with Crippen molar-refractivity contribution in [2.75, 3.05) is 10.8 Å². The van der Waals surface area contributed by atoms with E-state index in [1.165, 1.54) is 17.0 Å². The van der Waals surface area contributed by atoms with Gasteiger partial charge in [0.2, 0.25) is 17.6 Å². The van der Waals surface area contributed by atoms with Gasteiger partial charge in [-0.25, -0.2) is 14.2 Å². The minimum atomic E-state index is -1.21. The molecule has 7 unspecified atom stereocenters. The summed E-state index contributed by atoms with van der Waals surface area (Å²) < 4.78 is 19.2. The van der Waals surface area contributed by atoms with Crippen LogP contribution < -0.4 is 4.90 Å². The fourth-order valence-corrected chi connectivity index (χ4v) is 9.54. The van der Waals surface area contributed by atoms with Gasteiger partial charge in [0.1, 0.15) is 5.82 Å². The van der Waals surface area contributed by atoms with Crippen LogP contribution in [0.25, 0.3) is 22.2 Å². The number of Topliss-reactive ketones (excluding diaryl/α,β-unsaturated/α-hetero) is 1. The number of benzene rings is 3. The first-order chi connectivity index (χ1) is 22.6. The molecule has 4 aromatic rings. The SMILES string of the molecule is O=C(OC(CCCl)C(=O)c1ccc(F)cc1)c1cc(-c2ccc(N3C(=O)C4C5CC(C(Br)C5Br)C4C3=O)cc2)nc2c(Cl)cccc12. The van der Waals surface area contributed by atoms with E-state index in [2.05, 4.69) is 31.9 Å². The van der Waals surface area contributed by atoms with Crippen LogP contribution in [0.2, 0.25) is 5.02 Å². The second-order valence-electron chi connectivity index (χ2n) is 12.0. The molecule has 0 spiro atoms. The Morgan fingerprint density at radius 1 is 0.957 bits per heavy atom. The summed E-state index contributed by atoms with van der Waals surface area (Å²) in [5.74, 6) is -2.55. The molecule has 7 rings (SSSR count). The van der Waals surface area contributed by atoms with Crippen molar-refractivity contribution in [2.45, 2.75) is 28.6 Å². The highest BCUT2D eigenvalue weighted by atomic mass is 79.9. The van der Waals surface area contributed by atoms with E-state index in [1.54, 1.807) is 48.5 Å². The zero-order chi connectivity index (χ0) is 33.1. The number of hydrogen-bond acceptors (Lipinski definition) is 6. The summed E-state index contributed by atoms with van der Waals surface area (Å²) in [6, 6.07) is 18.4. The number of para-hydroxylation sites is 1. The Bertz CT molecular complexity index is 1910. The van der Waals surface area contributed by atoms with E-state index in [-0.39, 0.29) is 68.6 Å². The van der Waals surface area contributed by atoms with Crippen molar-refractivity contribution in [1.29, 1.82) is 0 Å². The fraction of sp³-hybridized carbons (Fsp3) is 0.286. The van der Waals surface area contributed by atoms with Crippen LogP contribution in [0, 0.1) is 29.5 Å². The molecule has 12 heteroatoms. The lowest BCUT2D eigenvalue weighted by molar-refractivity contribution is -0.123. The van der Waals surface area contributed by atoms with Crippen molar-refractivity contribution in [3.63, 3.8) is 0 Å². The van der Waals surface area contributed by atoms with E-state index in [9.17, 15) is 23.6 Å². The van der Waals surface area contributed by atoms with Crippen molar-refractivity contribution >= 4 is 95.2 Å². The van der Waals surface area contributed by atoms with Crippen molar-refractivity contribution in [1.82, 2.24) is 4.98 Å². The Balaban J connectivity index is 1.19. The van der Waals surface area contributed by atoms with Crippen molar-refractivity contribution in [3.8, 4) is 11.3 Å². The molecular formula is C35H25Br2Cl2FN2O5. The highest BCUT2D eigenvalue weighted by molar-refractivity contribution is 9.12. The maximum Gasteiger partial charge on any atom is 0.339 e. The van der Waals surface area contributed by atoms with Crippen LogP contribution in [-0.4, -0.2) is 50.2 Å². The average Bonchev–Trinajstić information content (AvgIpc) is 3.69. The van der Waals surface area contributed by atoms with Gasteiger partial charge in [0.15, 0.2) is 6.10 Å². The van der Waals surface area contributed by atoms with Crippen LogP contribution in [0.15, 0.2) is 72.8 Å². The van der Waals surface area contributed by atoms with Gasteiger partial charge in [-0.3, -0.25) is 19.3 Å². The number of pyridine rings is 1. The summed E-state index contributed by atoms with van der Waals surface area (Å²) in [7, 11) is 0. The summed E-state index contributed by atoms with van der Waals surface area (Å²) in [6.45, 7) is 0. The third kappa shape index (κ3) is 5.51. The van der Waals surface area contributed by atoms with Gasteiger partial charge < -0.3 is 4.74 Å². The molecule has 2 saturated carbocycles. The number of hydrogen-bond donors (Lipinski definition) is 0. The van der Waals surface area contributed by atoms with Gasteiger partial charge in [0, 0.05) is 38.5 Å². The Kier molecular flexibility index (Phi) is 8.74. The van der Waals surface area contributed by atoms with E-state index >= 15 is 0 Å². The number of carbonyl (C=O) groups excluding carboxylic acids is 4. The molecule has 2 bridgehead atoms. The smallest absolute Gasteiger partial charge is 0.339 e. The number of halogens is 5. The largest absolute Gasteiger partial charge is 0.450 e. The molecule has 1 aromatic heterocycles. The van der Waals surface area contributed by atoms with E-state index in [1.807, 2.05) is 0 Å². The van der Waals surface area contributed by atoms with E-state index in [0.29, 0.717) is 32.9 Å². The van der Waals surface area contributed by atoms with Crippen LogP contribution in [0.1, 0.15) is 33.6 Å². The number of ketones is 1. The molecule has 7 atom stereocenters. The standard InChI is InChI=1S/C35H25Br2Cl2FN2O5/c36-29-22-14-23(30(29)37)28-27(22)33(44)42(34(28)45)19-10-6-16(7-11-19)25-15-21(20-2-1-3-24(39)31(20)41-25)35(46)47-26(12-13-38)32(43)17-4-8-18(40)9-5-17/h1-11,15,22-23,26-30H,12-14H2. The predicted molar refractivity (Wildman–Crippen MR) is 184 cm³/mol. The molecule has 7 nitrogen and oxygen atoms in total. The third-order valence-corrected chi connectivity index (χ3v) is 13.2. The number of ether oxygens (including phenoxy) is 1. The molecule has 0 radical (unpaired) electrons. The Morgan fingerprint density at radius 2 is 1.60 bits per heavy atom. The molecule has 1 aliphatic heterocycles. The first-order valence-corrected chi connectivity index (χ1v) is 17.8. The summed E-state index contributed by atoms with van der Waals surface area (Å²) in [4.78, 5) is 60.2. The molecule has 1 saturated heterocycles. The number of esters is 1. The topological polar surface area (TPSA) is 93.6 Å². The quantitative estimate of drug-likeness (QED) is 0.0776. The predicted octanol–water partition coefficient (Wildman–Crippen LogP) is 8.01. The van der Waals surface area contributed by atoms with E-state index in [4.69, 9.17) is 32.9 Å². The second-order valence-corrected chi connectivity index (χ2v) is 14.9.